The Morgan fingerprint density at radius 1 is 0.864 bits per heavy atom. The maximum absolute atomic E-state index is 12.8. The van der Waals surface area contributed by atoms with Crippen molar-refractivity contribution in [2.75, 3.05) is 0 Å². The average Bonchev–Trinajstić information content (AvgIpc) is 2.56. The van der Waals surface area contributed by atoms with Crippen LogP contribution in [-0.2, 0) is 4.79 Å². The van der Waals surface area contributed by atoms with E-state index < -0.39 is 0 Å². The first kappa shape index (κ1) is 14.5. The lowest BCUT2D eigenvalue weighted by molar-refractivity contribution is -0.113. The summed E-state index contributed by atoms with van der Waals surface area (Å²) in [6.07, 6.45) is 5.97. The van der Waals surface area contributed by atoms with E-state index in [-0.39, 0.29) is 5.78 Å². The monoisotopic (exact) mass is 288 g/mol. The highest BCUT2D eigenvalue weighted by Gasteiger charge is 2.26. The van der Waals surface area contributed by atoms with Gasteiger partial charge in [-0.05, 0) is 42.0 Å². The number of benzene rings is 2. The SMILES string of the molecule is C[C@@H]1CC/C(=C/c2ccccc2)C(=O)/C1=C\c1ccccc1. The molecule has 1 aliphatic carbocycles. The van der Waals surface area contributed by atoms with Crippen LogP contribution in [0, 0.1) is 5.92 Å². The Kier molecular flexibility index (Phi) is 4.34. The van der Waals surface area contributed by atoms with Crippen molar-refractivity contribution in [3.8, 4) is 0 Å². The highest BCUT2D eigenvalue weighted by molar-refractivity contribution is 6.14. The molecule has 0 spiro atoms. The van der Waals surface area contributed by atoms with Crippen LogP contribution in [0.3, 0.4) is 0 Å². The number of carbonyl (C=O) groups is 1. The minimum Gasteiger partial charge on any atom is -0.289 e. The molecule has 0 saturated heterocycles. The van der Waals surface area contributed by atoms with Crippen LogP contribution in [0.4, 0.5) is 0 Å². The zero-order valence-corrected chi connectivity index (χ0v) is 12.8. The highest BCUT2D eigenvalue weighted by atomic mass is 16.1. The summed E-state index contributed by atoms with van der Waals surface area (Å²) < 4.78 is 0. The largest absolute Gasteiger partial charge is 0.289 e. The van der Waals surface area contributed by atoms with Crippen molar-refractivity contribution < 1.29 is 4.79 Å². The van der Waals surface area contributed by atoms with Gasteiger partial charge in [0.25, 0.3) is 0 Å². The van der Waals surface area contributed by atoms with Crippen LogP contribution in [-0.4, -0.2) is 5.78 Å². The predicted octanol–water partition coefficient (Wildman–Crippen LogP) is 5.15. The zero-order valence-electron chi connectivity index (χ0n) is 12.8. The van der Waals surface area contributed by atoms with Gasteiger partial charge in [0, 0.05) is 11.1 Å². The van der Waals surface area contributed by atoms with Gasteiger partial charge in [-0.1, -0.05) is 67.6 Å². The second kappa shape index (κ2) is 6.57. The van der Waals surface area contributed by atoms with E-state index in [1.165, 1.54) is 0 Å². The fourth-order valence-corrected chi connectivity index (χ4v) is 2.88. The van der Waals surface area contributed by atoms with Gasteiger partial charge in [-0.2, -0.15) is 0 Å². The third kappa shape index (κ3) is 3.25. The Morgan fingerprint density at radius 2 is 1.41 bits per heavy atom. The summed E-state index contributed by atoms with van der Waals surface area (Å²) in [6, 6.07) is 20.2. The Balaban J connectivity index is 1.93. The van der Waals surface area contributed by atoms with Gasteiger partial charge in [-0.3, -0.25) is 4.79 Å². The minimum absolute atomic E-state index is 0.200. The molecule has 0 aromatic heterocycles. The number of ketones is 1. The Bertz CT molecular complexity index is 708. The van der Waals surface area contributed by atoms with E-state index in [0.29, 0.717) is 5.92 Å². The van der Waals surface area contributed by atoms with Crippen molar-refractivity contribution in [2.24, 2.45) is 5.92 Å². The van der Waals surface area contributed by atoms with Gasteiger partial charge in [0.1, 0.15) is 0 Å². The van der Waals surface area contributed by atoms with Crippen molar-refractivity contribution in [1.82, 2.24) is 0 Å². The van der Waals surface area contributed by atoms with Crippen LogP contribution in [0.5, 0.6) is 0 Å². The van der Waals surface area contributed by atoms with Gasteiger partial charge in [-0.25, -0.2) is 0 Å². The van der Waals surface area contributed by atoms with Crippen molar-refractivity contribution in [2.45, 2.75) is 19.8 Å². The van der Waals surface area contributed by atoms with Crippen LogP contribution >= 0.6 is 0 Å². The maximum atomic E-state index is 12.8. The van der Waals surface area contributed by atoms with Crippen LogP contribution < -0.4 is 0 Å². The second-order valence-electron chi connectivity index (χ2n) is 5.86. The van der Waals surface area contributed by atoms with Crippen molar-refractivity contribution in [3.63, 3.8) is 0 Å². The number of hydrogen-bond acceptors (Lipinski definition) is 1. The smallest absolute Gasteiger partial charge is 0.185 e. The van der Waals surface area contributed by atoms with Crippen LogP contribution in [0.25, 0.3) is 12.2 Å². The first-order valence-electron chi connectivity index (χ1n) is 7.81. The molecule has 1 saturated carbocycles. The van der Waals surface area contributed by atoms with Crippen LogP contribution in [0.15, 0.2) is 71.8 Å². The molecular weight excluding hydrogens is 268 g/mol. The average molecular weight is 288 g/mol. The lowest BCUT2D eigenvalue weighted by atomic mass is 9.80. The Morgan fingerprint density at radius 3 is 2.00 bits per heavy atom. The molecule has 22 heavy (non-hydrogen) atoms. The lowest BCUT2D eigenvalue weighted by Gasteiger charge is -2.23. The molecule has 0 bridgehead atoms. The van der Waals surface area contributed by atoms with Gasteiger partial charge in [0.15, 0.2) is 5.78 Å². The first-order valence-corrected chi connectivity index (χ1v) is 7.81. The standard InChI is InChI=1S/C21H20O/c1-16-12-13-19(14-17-8-4-2-5-9-17)21(22)20(16)15-18-10-6-3-7-11-18/h2-11,14-16H,12-13H2,1H3/b19-14-,20-15-/t16-/m1/s1. The van der Waals surface area contributed by atoms with E-state index in [1.807, 2.05) is 72.8 Å². The molecule has 2 aromatic rings. The molecule has 0 unspecified atom stereocenters. The zero-order chi connectivity index (χ0) is 15.4. The lowest BCUT2D eigenvalue weighted by Crippen LogP contribution is -2.19. The summed E-state index contributed by atoms with van der Waals surface area (Å²) in [6.45, 7) is 2.14. The van der Waals surface area contributed by atoms with E-state index in [9.17, 15) is 4.79 Å². The molecule has 0 N–H and O–H groups in total. The molecular formula is C21H20O. The molecule has 1 heteroatoms. The highest BCUT2D eigenvalue weighted by Crippen LogP contribution is 2.32. The maximum Gasteiger partial charge on any atom is 0.185 e. The topological polar surface area (TPSA) is 17.1 Å². The number of allylic oxidation sites excluding steroid dienone is 2. The van der Waals surface area contributed by atoms with Crippen LogP contribution in [0.2, 0.25) is 0 Å². The summed E-state index contributed by atoms with van der Waals surface area (Å²) in [7, 11) is 0. The van der Waals surface area contributed by atoms with E-state index in [4.69, 9.17) is 0 Å². The summed E-state index contributed by atoms with van der Waals surface area (Å²) in [4.78, 5) is 12.8. The van der Waals surface area contributed by atoms with Gasteiger partial charge in [0.05, 0.1) is 0 Å². The van der Waals surface area contributed by atoms with Gasteiger partial charge in [0.2, 0.25) is 0 Å². The van der Waals surface area contributed by atoms with Gasteiger partial charge < -0.3 is 0 Å². The minimum atomic E-state index is 0.200. The van der Waals surface area contributed by atoms with E-state index in [2.05, 4.69) is 6.92 Å². The third-order valence-corrected chi connectivity index (χ3v) is 4.19. The third-order valence-electron chi connectivity index (χ3n) is 4.19. The summed E-state index contributed by atoms with van der Waals surface area (Å²) in [5.74, 6) is 0.520. The summed E-state index contributed by atoms with van der Waals surface area (Å²) in [5, 5.41) is 0. The molecule has 0 amide bonds. The molecule has 0 aliphatic heterocycles. The number of Topliss-reactive ketones (excluding diaryl/α,β-unsaturated/α-hetero) is 1. The molecule has 2 aromatic carbocycles. The second-order valence-corrected chi connectivity index (χ2v) is 5.86. The first-order chi connectivity index (χ1) is 10.7. The van der Waals surface area contributed by atoms with E-state index in [0.717, 1.165) is 35.1 Å². The summed E-state index contributed by atoms with van der Waals surface area (Å²) >= 11 is 0. The number of rotatable bonds is 2. The van der Waals surface area contributed by atoms with Crippen molar-refractivity contribution >= 4 is 17.9 Å². The Hall–Kier alpha value is -2.41. The van der Waals surface area contributed by atoms with Gasteiger partial charge in [-0.15, -0.1) is 0 Å². The molecule has 1 aliphatic rings. The van der Waals surface area contributed by atoms with Crippen LogP contribution in [0.1, 0.15) is 30.9 Å². The molecule has 3 rings (SSSR count). The normalized spacial score (nSPS) is 22.2. The van der Waals surface area contributed by atoms with Gasteiger partial charge >= 0.3 is 0 Å². The molecule has 0 radical (unpaired) electrons. The predicted molar refractivity (Wildman–Crippen MR) is 92.2 cm³/mol. The van der Waals surface area contributed by atoms with Crippen molar-refractivity contribution in [3.05, 3.63) is 82.9 Å². The molecule has 110 valence electrons. The fourth-order valence-electron chi connectivity index (χ4n) is 2.88. The van der Waals surface area contributed by atoms with Crippen molar-refractivity contribution in [1.29, 1.82) is 0 Å². The number of hydrogen-bond donors (Lipinski definition) is 0. The molecule has 0 heterocycles. The Labute approximate surface area is 132 Å². The quantitative estimate of drug-likeness (QED) is 0.698. The molecule has 1 nitrogen and oxygen atoms in total. The number of carbonyl (C=O) groups excluding carboxylic acids is 1. The fraction of sp³-hybridized carbons (Fsp3) is 0.190. The van der Waals surface area contributed by atoms with E-state index in [1.54, 1.807) is 0 Å². The molecule has 1 atom stereocenters. The van der Waals surface area contributed by atoms with E-state index >= 15 is 0 Å². The molecule has 1 fully saturated rings. The summed E-state index contributed by atoms with van der Waals surface area (Å²) in [5.41, 5.74) is 4.05.